The van der Waals surface area contributed by atoms with Crippen LogP contribution in [0.5, 0.6) is 0 Å². The van der Waals surface area contributed by atoms with Crippen molar-refractivity contribution >= 4 is 0 Å². The first kappa shape index (κ1) is 11.4. The van der Waals surface area contributed by atoms with Gasteiger partial charge in [0.2, 0.25) is 0 Å². The van der Waals surface area contributed by atoms with Crippen LogP contribution in [0, 0.1) is 11.3 Å². The van der Waals surface area contributed by atoms with Gasteiger partial charge in [-0.05, 0) is 37.5 Å². The number of rotatable bonds is 0. The molecular weight excluding hydrogens is 186 g/mol. The summed E-state index contributed by atoms with van der Waals surface area (Å²) in [4.78, 5) is 0. The first-order valence-corrected chi connectivity index (χ1v) is 6.31. The Morgan fingerprint density at radius 3 is 2.53 bits per heavy atom. The Hall–Kier alpha value is -0.0800. The first-order chi connectivity index (χ1) is 6.94. The lowest BCUT2D eigenvalue weighted by Crippen LogP contribution is -2.60. The molecule has 1 spiro atoms. The van der Waals surface area contributed by atoms with E-state index < -0.39 is 0 Å². The summed E-state index contributed by atoms with van der Waals surface area (Å²) < 4.78 is 6.16. The lowest BCUT2D eigenvalue weighted by molar-refractivity contribution is -0.147. The maximum atomic E-state index is 6.16. The summed E-state index contributed by atoms with van der Waals surface area (Å²) in [5, 5.41) is 3.58. The molecular formula is C13H25NO. The van der Waals surface area contributed by atoms with Gasteiger partial charge in [-0.15, -0.1) is 0 Å². The van der Waals surface area contributed by atoms with E-state index in [1.54, 1.807) is 0 Å². The highest BCUT2D eigenvalue weighted by Gasteiger charge is 2.48. The Morgan fingerprint density at radius 2 is 1.93 bits per heavy atom. The molecule has 0 bridgehead atoms. The summed E-state index contributed by atoms with van der Waals surface area (Å²) >= 11 is 0. The van der Waals surface area contributed by atoms with Crippen LogP contribution in [0.1, 0.15) is 47.0 Å². The molecule has 0 aromatic heterocycles. The zero-order chi connectivity index (χ0) is 11.1. The van der Waals surface area contributed by atoms with Crippen molar-refractivity contribution in [1.29, 1.82) is 0 Å². The van der Waals surface area contributed by atoms with Gasteiger partial charge in [-0.25, -0.2) is 0 Å². The van der Waals surface area contributed by atoms with Crippen LogP contribution >= 0.6 is 0 Å². The molecule has 2 fully saturated rings. The molecule has 0 radical (unpaired) electrons. The number of ether oxygens (including phenoxy) is 1. The van der Waals surface area contributed by atoms with E-state index in [1.165, 1.54) is 19.3 Å². The highest BCUT2D eigenvalue weighted by molar-refractivity contribution is 5.01. The average molecular weight is 211 g/mol. The van der Waals surface area contributed by atoms with Gasteiger partial charge in [0.15, 0.2) is 0 Å². The van der Waals surface area contributed by atoms with E-state index in [9.17, 15) is 0 Å². The van der Waals surface area contributed by atoms with Gasteiger partial charge in [-0.3, -0.25) is 0 Å². The van der Waals surface area contributed by atoms with Gasteiger partial charge < -0.3 is 10.1 Å². The molecule has 15 heavy (non-hydrogen) atoms. The molecule has 1 aliphatic carbocycles. The van der Waals surface area contributed by atoms with Crippen molar-refractivity contribution in [3.8, 4) is 0 Å². The van der Waals surface area contributed by atoms with Gasteiger partial charge in [0, 0.05) is 12.6 Å². The highest BCUT2D eigenvalue weighted by Crippen LogP contribution is 2.47. The predicted molar refractivity (Wildman–Crippen MR) is 62.9 cm³/mol. The van der Waals surface area contributed by atoms with Crippen LogP contribution in [0.3, 0.4) is 0 Å². The van der Waals surface area contributed by atoms with E-state index >= 15 is 0 Å². The maximum Gasteiger partial charge on any atom is 0.0840 e. The molecule has 2 nitrogen and oxygen atoms in total. The molecule has 0 aromatic rings. The molecule has 88 valence electrons. The van der Waals surface area contributed by atoms with Gasteiger partial charge in [0.25, 0.3) is 0 Å². The fourth-order valence-corrected chi connectivity index (χ4v) is 3.84. The Bertz CT molecular complexity index is 239. The molecule has 1 saturated carbocycles. The molecule has 2 rings (SSSR count). The summed E-state index contributed by atoms with van der Waals surface area (Å²) in [6.45, 7) is 11.3. The lowest BCUT2D eigenvalue weighted by atomic mass is 9.63. The minimum absolute atomic E-state index is 0.111. The number of morpholine rings is 1. The highest BCUT2D eigenvalue weighted by atomic mass is 16.5. The van der Waals surface area contributed by atoms with Crippen molar-refractivity contribution in [2.45, 2.75) is 58.6 Å². The smallest absolute Gasteiger partial charge is 0.0840 e. The van der Waals surface area contributed by atoms with Gasteiger partial charge >= 0.3 is 0 Å². The molecule has 1 saturated heterocycles. The SMILES string of the molecule is CC1CC(C)(C)CC2(C1)OCCNC2C. The van der Waals surface area contributed by atoms with Crippen LogP contribution in [0.4, 0.5) is 0 Å². The van der Waals surface area contributed by atoms with Gasteiger partial charge in [0.1, 0.15) is 0 Å². The van der Waals surface area contributed by atoms with Gasteiger partial charge in [0.05, 0.1) is 12.2 Å². The zero-order valence-electron chi connectivity index (χ0n) is 10.6. The zero-order valence-corrected chi connectivity index (χ0v) is 10.6. The third-order valence-electron chi connectivity index (χ3n) is 4.10. The summed E-state index contributed by atoms with van der Waals surface area (Å²) in [5.74, 6) is 0.788. The minimum Gasteiger partial charge on any atom is -0.372 e. The minimum atomic E-state index is 0.111. The summed E-state index contributed by atoms with van der Waals surface area (Å²) in [7, 11) is 0. The van der Waals surface area contributed by atoms with E-state index in [1.807, 2.05) is 0 Å². The van der Waals surface area contributed by atoms with Gasteiger partial charge in [-0.1, -0.05) is 20.8 Å². The fourth-order valence-electron chi connectivity index (χ4n) is 3.84. The Morgan fingerprint density at radius 1 is 1.20 bits per heavy atom. The summed E-state index contributed by atoms with van der Waals surface area (Å²) in [6, 6.07) is 0.508. The molecule has 2 aliphatic rings. The van der Waals surface area contributed by atoms with Crippen LogP contribution in [-0.2, 0) is 4.74 Å². The Kier molecular flexibility index (Phi) is 2.85. The van der Waals surface area contributed by atoms with Crippen LogP contribution in [0.15, 0.2) is 0 Å². The average Bonchev–Trinajstić information content (AvgIpc) is 2.07. The van der Waals surface area contributed by atoms with Crippen molar-refractivity contribution in [1.82, 2.24) is 5.32 Å². The van der Waals surface area contributed by atoms with Crippen LogP contribution in [0.2, 0.25) is 0 Å². The monoisotopic (exact) mass is 211 g/mol. The number of hydrogen-bond donors (Lipinski definition) is 1. The van der Waals surface area contributed by atoms with E-state index in [4.69, 9.17) is 4.74 Å². The number of nitrogens with one attached hydrogen (secondary N) is 1. The predicted octanol–water partition coefficient (Wildman–Crippen LogP) is 2.58. The Balaban J connectivity index is 2.18. The summed E-state index contributed by atoms with van der Waals surface area (Å²) in [6.07, 6.45) is 3.77. The molecule has 2 heteroatoms. The maximum absolute atomic E-state index is 6.16. The number of hydrogen-bond acceptors (Lipinski definition) is 2. The molecule has 0 amide bonds. The molecule has 3 unspecified atom stereocenters. The first-order valence-electron chi connectivity index (χ1n) is 6.31. The van der Waals surface area contributed by atoms with Crippen LogP contribution in [0.25, 0.3) is 0 Å². The molecule has 1 heterocycles. The lowest BCUT2D eigenvalue weighted by Gasteiger charge is -2.52. The second kappa shape index (κ2) is 3.74. The van der Waals surface area contributed by atoms with Crippen molar-refractivity contribution < 1.29 is 4.74 Å². The molecule has 1 N–H and O–H groups in total. The normalized spacial score (nSPS) is 45.6. The van der Waals surface area contributed by atoms with Crippen molar-refractivity contribution in [2.75, 3.05) is 13.2 Å². The van der Waals surface area contributed by atoms with E-state index in [2.05, 4.69) is 33.0 Å². The molecule has 0 aromatic carbocycles. The molecule has 3 atom stereocenters. The fraction of sp³-hybridized carbons (Fsp3) is 1.00. The molecule has 1 aliphatic heterocycles. The van der Waals surface area contributed by atoms with Gasteiger partial charge in [-0.2, -0.15) is 0 Å². The second-order valence-corrected chi connectivity index (χ2v) is 6.44. The van der Waals surface area contributed by atoms with E-state index in [-0.39, 0.29) is 5.60 Å². The Labute approximate surface area is 93.8 Å². The van der Waals surface area contributed by atoms with E-state index in [0.29, 0.717) is 11.5 Å². The van der Waals surface area contributed by atoms with Crippen molar-refractivity contribution in [2.24, 2.45) is 11.3 Å². The topological polar surface area (TPSA) is 21.3 Å². The van der Waals surface area contributed by atoms with Crippen LogP contribution < -0.4 is 5.32 Å². The third kappa shape index (κ3) is 2.21. The van der Waals surface area contributed by atoms with Crippen molar-refractivity contribution in [3.05, 3.63) is 0 Å². The second-order valence-electron chi connectivity index (χ2n) is 6.44. The largest absolute Gasteiger partial charge is 0.372 e. The summed E-state index contributed by atoms with van der Waals surface area (Å²) in [5.41, 5.74) is 0.546. The third-order valence-corrected chi connectivity index (χ3v) is 4.10. The van der Waals surface area contributed by atoms with E-state index in [0.717, 1.165) is 19.1 Å². The van der Waals surface area contributed by atoms with Crippen LogP contribution in [-0.4, -0.2) is 24.8 Å². The van der Waals surface area contributed by atoms with Crippen molar-refractivity contribution in [3.63, 3.8) is 0 Å². The quantitative estimate of drug-likeness (QED) is 0.665. The standard InChI is InChI=1S/C13H25NO/c1-10-7-12(3,4)9-13(8-10)11(2)14-5-6-15-13/h10-11,14H,5-9H2,1-4H3.